The van der Waals surface area contributed by atoms with Crippen LogP contribution in [0.2, 0.25) is 0 Å². The number of likely N-dealkylation sites (tertiary alicyclic amines) is 1. The molecule has 0 unspecified atom stereocenters. The number of carbonyl (C=O) groups is 3. The Labute approximate surface area is 88.4 Å². The van der Waals surface area contributed by atoms with E-state index in [1.165, 1.54) is 4.90 Å². The second-order valence-electron chi connectivity index (χ2n) is 3.32. The van der Waals surface area contributed by atoms with E-state index in [1.54, 1.807) is 6.92 Å². The number of esters is 1. The van der Waals surface area contributed by atoms with Crippen molar-refractivity contribution in [2.24, 2.45) is 5.92 Å². The number of piperidine rings is 1. The van der Waals surface area contributed by atoms with Crippen LogP contribution in [0.3, 0.4) is 0 Å². The van der Waals surface area contributed by atoms with Crippen molar-refractivity contribution < 1.29 is 19.1 Å². The molecule has 1 aliphatic rings. The van der Waals surface area contributed by atoms with E-state index in [9.17, 15) is 14.4 Å². The summed E-state index contributed by atoms with van der Waals surface area (Å²) < 4.78 is 4.71. The Morgan fingerprint density at radius 3 is 2.67 bits per heavy atom. The first-order valence-electron chi connectivity index (χ1n) is 5.10. The third kappa shape index (κ3) is 2.34. The fourth-order valence-corrected chi connectivity index (χ4v) is 1.59. The molecule has 0 saturated carbocycles. The first kappa shape index (κ1) is 11.7. The summed E-state index contributed by atoms with van der Waals surface area (Å²) in [5.74, 6) is -2.69. The fraction of sp³-hybridized carbons (Fsp3) is 0.700. The lowest BCUT2D eigenvalue weighted by Crippen LogP contribution is -2.49. The van der Waals surface area contributed by atoms with Gasteiger partial charge in [-0.25, -0.2) is 0 Å². The van der Waals surface area contributed by atoms with Crippen molar-refractivity contribution in [3.05, 3.63) is 0 Å². The molecule has 0 aromatic heterocycles. The SMILES string of the molecule is CCOC(=O)[C@H]1C(=O)CCN(CC)C1=O. The van der Waals surface area contributed by atoms with Crippen molar-refractivity contribution in [2.75, 3.05) is 19.7 Å². The highest BCUT2D eigenvalue weighted by Crippen LogP contribution is 2.16. The largest absolute Gasteiger partial charge is 0.465 e. The number of amides is 1. The van der Waals surface area contributed by atoms with E-state index in [-0.39, 0.29) is 18.8 Å². The Morgan fingerprint density at radius 1 is 1.47 bits per heavy atom. The van der Waals surface area contributed by atoms with Gasteiger partial charge in [0.1, 0.15) is 0 Å². The number of hydrogen-bond acceptors (Lipinski definition) is 4. The van der Waals surface area contributed by atoms with Gasteiger partial charge in [0, 0.05) is 19.5 Å². The van der Waals surface area contributed by atoms with Crippen LogP contribution in [0.15, 0.2) is 0 Å². The number of rotatable bonds is 3. The standard InChI is InChI=1S/C10H15NO4/c1-3-11-6-5-7(12)8(9(11)13)10(14)15-4-2/h8H,3-6H2,1-2H3/t8-/m0/s1. The molecule has 1 heterocycles. The average Bonchev–Trinajstić information content (AvgIpc) is 2.18. The first-order chi connectivity index (χ1) is 7.11. The summed E-state index contributed by atoms with van der Waals surface area (Å²) in [5.41, 5.74) is 0. The number of nitrogens with zero attached hydrogens (tertiary/aromatic N) is 1. The number of hydrogen-bond donors (Lipinski definition) is 0. The van der Waals surface area contributed by atoms with Crippen LogP contribution in [-0.2, 0) is 19.1 Å². The van der Waals surface area contributed by atoms with E-state index in [0.29, 0.717) is 13.1 Å². The highest BCUT2D eigenvalue weighted by Gasteiger charge is 2.40. The molecule has 0 aromatic rings. The Bertz CT molecular complexity index is 287. The molecule has 0 bridgehead atoms. The monoisotopic (exact) mass is 213 g/mol. The van der Waals surface area contributed by atoms with E-state index in [2.05, 4.69) is 0 Å². The Hall–Kier alpha value is -1.39. The molecule has 1 rings (SSSR count). The van der Waals surface area contributed by atoms with E-state index in [1.807, 2.05) is 6.92 Å². The van der Waals surface area contributed by atoms with Crippen molar-refractivity contribution in [3.63, 3.8) is 0 Å². The molecule has 0 aliphatic carbocycles. The smallest absolute Gasteiger partial charge is 0.326 e. The van der Waals surface area contributed by atoms with Crippen molar-refractivity contribution >= 4 is 17.7 Å². The quantitative estimate of drug-likeness (QED) is 0.488. The average molecular weight is 213 g/mol. The van der Waals surface area contributed by atoms with Crippen LogP contribution >= 0.6 is 0 Å². The maximum absolute atomic E-state index is 11.7. The Kier molecular flexibility index (Phi) is 3.82. The molecular weight excluding hydrogens is 198 g/mol. The summed E-state index contributed by atoms with van der Waals surface area (Å²) in [6, 6.07) is 0. The van der Waals surface area contributed by atoms with Gasteiger partial charge >= 0.3 is 5.97 Å². The number of carbonyl (C=O) groups excluding carboxylic acids is 3. The van der Waals surface area contributed by atoms with Gasteiger partial charge in [0.2, 0.25) is 5.91 Å². The predicted molar refractivity (Wildman–Crippen MR) is 52.0 cm³/mol. The van der Waals surface area contributed by atoms with Crippen molar-refractivity contribution in [1.82, 2.24) is 4.90 Å². The molecule has 1 atom stereocenters. The molecule has 5 nitrogen and oxygen atoms in total. The Balaban J connectivity index is 2.78. The van der Waals surface area contributed by atoms with Crippen LogP contribution in [0.4, 0.5) is 0 Å². The highest BCUT2D eigenvalue weighted by atomic mass is 16.5. The third-order valence-electron chi connectivity index (χ3n) is 2.41. The molecule has 1 aliphatic heterocycles. The van der Waals surface area contributed by atoms with Gasteiger partial charge in [-0.3, -0.25) is 14.4 Å². The summed E-state index contributed by atoms with van der Waals surface area (Å²) in [4.78, 5) is 36.0. The molecular formula is C10H15NO4. The molecule has 0 radical (unpaired) electrons. The van der Waals surface area contributed by atoms with Gasteiger partial charge in [-0.05, 0) is 13.8 Å². The van der Waals surface area contributed by atoms with E-state index in [4.69, 9.17) is 4.74 Å². The van der Waals surface area contributed by atoms with Gasteiger partial charge in [-0.15, -0.1) is 0 Å². The third-order valence-corrected chi connectivity index (χ3v) is 2.41. The zero-order valence-corrected chi connectivity index (χ0v) is 8.99. The van der Waals surface area contributed by atoms with Crippen LogP contribution in [-0.4, -0.2) is 42.3 Å². The predicted octanol–water partition coefficient (Wildman–Crippen LogP) is -0.0130. The minimum Gasteiger partial charge on any atom is -0.465 e. The van der Waals surface area contributed by atoms with E-state index >= 15 is 0 Å². The van der Waals surface area contributed by atoms with Gasteiger partial charge in [0.05, 0.1) is 6.61 Å². The molecule has 5 heteroatoms. The zero-order valence-electron chi connectivity index (χ0n) is 8.99. The van der Waals surface area contributed by atoms with Gasteiger partial charge < -0.3 is 9.64 Å². The van der Waals surface area contributed by atoms with E-state index < -0.39 is 17.8 Å². The second kappa shape index (κ2) is 4.91. The molecule has 1 fully saturated rings. The molecule has 0 spiro atoms. The lowest BCUT2D eigenvalue weighted by molar-refractivity contribution is -0.161. The molecule has 1 saturated heterocycles. The van der Waals surface area contributed by atoms with Crippen LogP contribution in [0, 0.1) is 5.92 Å². The zero-order chi connectivity index (χ0) is 11.4. The minimum atomic E-state index is -1.22. The summed E-state index contributed by atoms with van der Waals surface area (Å²) >= 11 is 0. The van der Waals surface area contributed by atoms with Gasteiger partial charge in [0.15, 0.2) is 11.7 Å². The first-order valence-corrected chi connectivity index (χ1v) is 5.10. The van der Waals surface area contributed by atoms with Gasteiger partial charge in [0.25, 0.3) is 0 Å². The van der Waals surface area contributed by atoms with Crippen LogP contribution < -0.4 is 0 Å². The van der Waals surface area contributed by atoms with Crippen molar-refractivity contribution in [2.45, 2.75) is 20.3 Å². The summed E-state index contributed by atoms with van der Waals surface area (Å²) in [7, 11) is 0. The molecule has 84 valence electrons. The fourth-order valence-electron chi connectivity index (χ4n) is 1.59. The summed E-state index contributed by atoms with van der Waals surface area (Å²) in [6.45, 7) is 4.57. The molecule has 0 aromatic carbocycles. The lowest BCUT2D eigenvalue weighted by atomic mass is 9.95. The maximum Gasteiger partial charge on any atom is 0.326 e. The maximum atomic E-state index is 11.7. The summed E-state index contributed by atoms with van der Waals surface area (Å²) in [5, 5.41) is 0. The number of ether oxygens (including phenoxy) is 1. The molecule has 15 heavy (non-hydrogen) atoms. The second-order valence-corrected chi connectivity index (χ2v) is 3.32. The lowest BCUT2D eigenvalue weighted by Gasteiger charge is -2.29. The van der Waals surface area contributed by atoms with Crippen LogP contribution in [0.25, 0.3) is 0 Å². The van der Waals surface area contributed by atoms with Gasteiger partial charge in [-0.2, -0.15) is 0 Å². The number of ketones is 1. The Morgan fingerprint density at radius 2 is 2.13 bits per heavy atom. The molecule has 0 N–H and O–H groups in total. The van der Waals surface area contributed by atoms with Crippen molar-refractivity contribution in [3.8, 4) is 0 Å². The van der Waals surface area contributed by atoms with Crippen LogP contribution in [0.1, 0.15) is 20.3 Å². The normalized spacial score (nSPS) is 21.7. The highest BCUT2D eigenvalue weighted by molar-refractivity contribution is 6.17. The molecule has 1 amide bonds. The van der Waals surface area contributed by atoms with Crippen LogP contribution in [0.5, 0.6) is 0 Å². The van der Waals surface area contributed by atoms with Crippen molar-refractivity contribution in [1.29, 1.82) is 0 Å². The topological polar surface area (TPSA) is 63.7 Å². The number of Topliss-reactive ketones (excluding diaryl/α,β-unsaturated/α-hetero) is 1. The minimum absolute atomic E-state index is 0.183. The summed E-state index contributed by atoms with van der Waals surface area (Å²) in [6.07, 6.45) is 0.239. The van der Waals surface area contributed by atoms with Gasteiger partial charge in [-0.1, -0.05) is 0 Å². The van der Waals surface area contributed by atoms with E-state index in [0.717, 1.165) is 0 Å².